The number of rotatable bonds is 8. The monoisotopic (exact) mass is 469 g/mol. The first-order chi connectivity index (χ1) is 14.9. The SMILES string of the molecule is CN(C#N)C(=O)[C@H](CS(=O)(=O)Cc1ccccc1OC(F)(F)F)NC(=O)c1ccccc1. The number of amides is 2. The van der Waals surface area contributed by atoms with Gasteiger partial charge in [-0.15, -0.1) is 13.2 Å². The maximum absolute atomic E-state index is 12.7. The number of sulfone groups is 1. The summed E-state index contributed by atoms with van der Waals surface area (Å²) >= 11 is 0. The lowest BCUT2D eigenvalue weighted by Crippen LogP contribution is -2.50. The van der Waals surface area contributed by atoms with Crippen molar-refractivity contribution in [3.8, 4) is 11.9 Å². The summed E-state index contributed by atoms with van der Waals surface area (Å²) in [6, 6.07) is 10.7. The molecule has 0 fully saturated rings. The fourth-order valence-corrected chi connectivity index (χ4v) is 4.25. The molecule has 2 rings (SSSR count). The Morgan fingerprint density at radius 2 is 1.72 bits per heavy atom. The Balaban J connectivity index is 2.27. The van der Waals surface area contributed by atoms with Crippen LogP contribution in [0.2, 0.25) is 0 Å². The maximum Gasteiger partial charge on any atom is 0.573 e. The molecule has 0 radical (unpaired) electrons. The molecule has 0 aliphatic heterocycles. The van der Waals surface area contributed by atoms with Gasteiger partial charge in [-0.25, -0.2) is 8.42 Å². The molecule has 12 heteroatoms. The molecule has 170 valence electrons. The van der Waals surface area contributed by atoms with E-state index in [1.807, 2.05) is 0 Å². The maximum atomic E-state index is 12.7. The zero-order valence-corrected chi connectivity index (χ0v) is 17.5. The standard InChI is InChI=1S/C20H18F3N3O5S/c1-26(13-24)19(28)16(25-18(27)14-7-3-2-4-8-14)12-32(29,30)11-15-9-5-6-10-17(15)31-20(21,22)23/h2-10,16H,11-12H2,1H3,(H,25,27)/t16-/m0/s1. The van der Waals surface area contributed by atoms with Crippen LogP contribution < -0.4 is 10.1 Å². The number of halogens is 3. The third kappa shape index (κ3) is 7.28. The molecule has 0 aliphatic rings. The molecule has 0 saturated heterocycles. The Hall–Kier alpha value is -3.59. The molecule has 0 unspecified atom stereocenters. The largest absolute Gasteiger partial charge is 0.573 e. The van der Waals surface area contributed by atoms with Crippen LogP contribution in [-0.2, 0) is 20.4 Å². The average molecular weight is 469 g/mol. The Morgan fingerprint density at radius 3 is 2.31 bits per heavy atom. The van der Waals surface area contributed by atoms with E-state index in [9.17, 15) is 31.2 Å². The number of benzene rings is 2. The molecule has 1 N–H and O–H groups in total. The molecule has 2 amide bonds. The van der Waals surface area contributed by atoms with Gasteiger partial charge in [0.05, 0.1) is 11.5 Å². The van der Waals surface area contributed by atoms with Gasteiger partial charge in [-0.1, -0.05) is 36.4 Å². The van der Waals surface area contributed by atoms with Gasteiger partial charge in [0.2, 0.25) is 0 Å². The van der Waals surface area contributed by atoms with Crippen molar-refractivity contribution in [3.05, 3.63) is 65.7 Å². The smallest absolute Gasteiger partial charge is 0.405 e. The molecule has 0 heterocycles. The Bertz CT molecular complexity index is 1120. The van der Waals surface area contributed by atoms with Crippen molar-refractivity contribution in [3.63, 3.8) is 0 Å². The van der Waals surface area contributed by atoms with Gasteiger partial charge >= 0.3 is 6.36 Å². The third-order valence-corrected chi connectivity index (χ3v) is 5.71. The number of hydrogen-bond acceptors (Lipinski definition) is 6. The number of nitrogens with one attached hydrogen (secondary N) is 1. The molecule has 0 aliphatic carbocycles. The number of carbonyl (C=O) groups excluding carboxylic acids is 2. The molecular weight excluding hydrogens is 451 g/mol. The first kappa shape index (κ1) is 24.7. The Labute approximate surface area is 182 Å². The normalized spacial score (nSPS) is 12.3. The molecule has 0 bridgehead atoms. The molecule has 0 aromatic heterocycles. The van der Waals surface area contributed by atoms with E-state index in [0.717, 1.165) is 19.2 Å². The third-order valence-electron chi connectivity index (χ3n) is 4.11. The summed E-state index contributed by atoms with van der Waals surface area (Å²) in [5.41, 5.74) is -0.134. The fraction of sp³-hybridized carbons (Fsp3) is 0.250. The van der Waals surface area contributed by atoms with Crippen LogP contribution in [0.25, 0.3) is 0 Å². The lowest BCUT2D eigenvalue weighted by Gasteiger charge is -2.20. The van der Waals surface area contributed by atoms with E-state index < -0.39 is 51.3 Å². The summed E-state index contributed by atoms with van der Waals surface area (Å²) in [7, 11) is -3.16. The second-order valence-electron chi connectivity index (χ2n) is 6.60. The van der Waals surface area contributed by atoms with Gasteiger partial charge in [0.15, 0.2) is 16.0 Å². The van der Waals surface area contributed by atoms with Gasteiger partial charge in [-0.3, -0.25) is 14.5 Å². The number of hydrogen-bond donors (Lipinski definition) is 1. The highest BCUT2D eigenvalue weighted by atomic mass is 32.2. The van der Waals surface area contributed by atoms with Gasteiger partial charge in [0.25, 0.3) is 11.8 Å². The minimum absolute atomic E-state index is 0.145. The number of para-hydroxylation sites is 1. The van der Waals surface area contributed by atoms with Crippen molar-refractivity contribution >= 4 is 21.7 Å². The lowest BCUT2D eigenvalue weighted by molar-refractivity contribution is -0.274. The minimum Gasteiger partial charge on any atom is -0.405 e. The van der Waals surface area contributed by atoms with Crippen LogP contribution in [0.4, 0.5) is 13.2 Å². The van der Waals surface area contributed by atoms with Crippen LogP contribution in [-0.4, -0.2) is 50.3 Å². The molecule has 0 spiro atoms. The summed E-state index contributed by atoms with van der Waals surface area (Å²) in [4.78, 5) is 25.4. The zero-order valence-electron chi connectivity index (χ0n) is 16.7. The van der Waals surface area contributed by atoms with Crippen LogP contribution in [0.1, 0.15) is 15.9 Å². The minimum atomic E-state index is -5.03. The van der Waals surface area contributed by atoms with Crippen molar-refractivity contribution in [2.24, 2.45) is 0 Å². The molecular formula is C20H18F3N3O5S. The zero-order chi connectivity index (χ0) is 23.9. The van der Waals surface area contributed by atoms with E-state index in [-0.39, 0.29) is 11.1 Å². The highest BCUT2D eigenvalue weighted by molar-refractivity contribution is 7.90. The summed E-state index contributed by atoms with van der Waals surface area (Å²) in [5.74, 6) is -4.29. The number of ether oxygens (including phenoxy) is 1. The van der Waals surface area contributed by atoms with Crippen LogP contribution in [0.5, 0.6) is 5.75 Å². The second-order valence-corrected chi connectivity index (χ2v) is 8.71. The molecule has 32 heavy (non-hydrogen) atoms. The van der Waals surface area contributed by atoms with Gasteiger partial charge in [0, 0.05) is 18.2 Å². The molecule has 8 nitrogen and oxygen atoms in total. The number of nitrogens with zero attached hydrogens (tertiary/aromatic N) is 2. The number of alkyl halides is 3. The molecule has 2 aromatic carbocycles. The predicted octanol–water partition coefficient (Wildman–Crippen LogP) is 2.24. The fourth-order valence-electron chi connectivity index (χ4n) is 2.69. The number of carbonyl (C=O) groups is 2. The van der Waals surface area contributed by atoms with Crippen LogP contribution in [0, 0.1) is 11.5 Å². The van der Waals surface area contributed by atoms with Crippen molar-refractivity contribution in [2.75, 3.05) is 12.8 Å². The van der Waals surface area contributed by atoms with Gasteiger partial charge < -0.3 is 10.1 Å². The van der Waals surface area contributed by atoms with E-state index >= 15 is 0 Å². The Morgan fingerprint density at radius 1 is 1.12 bits per heavy atom. The van der Waals surface area contributed by atoms with Crippen LogP contribution in [0.3, 0.4) is 0 Å². The van der Waals surface area contributed by atoms with Crippen LogP contribution >= 0.6 is 0 Å². The molecule has 0 saturated carbocycles. The Kier molecular flexibility index (Phi) is 7.82. The van der Waals surface area contributed by atoms with Crippen LogP contribution in [0.15, 0.2) is 54.6 Å². The highest BCUT2D eigenvalue weighted by Gasteiger charge is 2.34. The first-order valence-electron chi connectivity index (χ1n) is 8.99. The summed E-state index contributed by atoms with van der Waals surface area (Å²) in [6.45, 7) is 0. The predicted molar refractivity (Wildman–Crippen MR) is 107 cm³/mol. The summed E-state index contributed by atoms with van der Waals surface area (Å²) in [5, 5.41) is 11.2. The summed E-state index contributed by atoms with van der Waals surface area (Å²) in [6.07, 6.45) is -3.51. The molecule has 1 atom stereocenters. The van der Waals surface area contributed by atoms with Crippen molar-refractivity contribution in [1.29, 1.82) is 5.26 Å². The van der Waals surface area contributed by atoms with Crippen molar-refractivity contribution in [1.82, 2.24) is 10.2 Å². The van der Waals surface area contributed by atoms with E-state index in [1.165, 1.54) is 30.5 Å². The van der Waals surface area contributed by atoms with Gasteiger partial charge in [0.1, 0.15) is 11.8 Å². The number of likely N-dealkylation sites (N-methyl/N-ethyl adjacent to an activating group) is 1. The van der Waals surface area contributed by atoms with Gasteiger partial charge in [-0.05, 0) is 18.2 Å². The van der Waals surface area contributed by atoms with Crippen molar-refractivity contribution < 1.29 is 35.9 Å². The first-order valence-corrected chi connectivity index (χ1v) is 10.8. The quantitative estimate of drug-likeness (QED) is 0.468. The molecule has 2 aromatic rings. The highest BCUT2D eigenvalue weighted by Crippen LogP contribution is 2.27. The van der Waals surface area contributed by atoms with E-state index in [1.54, 1.807) is 18.2 Å². The average Bonchev–Trinajstić information content (AvgIpc) is 2.72. The van der Waals surface area contributed by atoms with E-state index in [4.69, 9.17) is 5.26 Å². The number of nitriles is 1. The topological polar surface area (TPSA) is 117 Å². The van der Waals surface area contributed by atoms with Crippen molar-refractivity contribution in [2.45, 2.75) is 18.2 Å². The van der Waals surface area contributed by atoms with Gasteiger partial charge in [-0.2, -0.15) is 5.26 Å². The lowest BCUT2D eigenvalue weighted by atomic mass is 10.2. The second kappa shape index (κ2) is 10.1. The van der Waals surface area contributed by atoms with E-state index in [2.05, 4.69) is 10.1 Å². The summed E-state index contributed by atoms with van der Waals surface area (Å²) < 4.78 is 67.1. The van der Waals surface area contributed by atoms with E-state index in [0.29, 0.717) is 4.90 Å².